The summed E-state index contributed by atoms with van der Waals surface area (Å²) in [4.78, 5) is 8.18. The lowest BCUT2D eigenvalue weighted by atomic mass is 10.2. The molecule has 0 saturated heterocycles. The predicted octanol–water partition coefficient (Wildman–Crippen LogP) is 3.00. The number of benzene rings is 1. The average Bonchev–Trinajstić information content (AvgIpc) is 2.41. The highest BCUT2D eigenvalue weighted by molar-refractivity contribution is 9.10. The first-order valence-electron chi connectivity index (χ1n) is 5.71. The molecule has 0 radical (unpaired) electrons. The number of nitrogens with two attached hydrogens (primary N) is 1. The van der Waals surface area contributed by atoms with E-state index in [0.717, 1.165) is 22.1 Å². The Hall–Kier alpha value is -2.13. The molecule has 1 aromatic carbocycles. The highest BCUT2D eigenvalue weighted by atomic mass is 79.9. The SMILES string of the molecule is CCc1c(N)ncnc1Nc1ccc(C#N)cc1Br. The molecule has 19 heavy (non-hydrogen) atoms. The minimum absolute atomic E-state index is 0.477. The lowest BCUT2D eigenvalue weighted by molar-refractivity contribution is 1.06. The molecule has 0 aliphatic rings. The van der Waals surface area contributed by atoms with E-state index in [4.69, 9.17) is 11.0 Å². The Morgan fingerprint density at radius 2 is 2.21 bits per heavy atom. The molecule has 0 spiro atoms. The summed E-state index contributed by atoms with van der Waals surface area (Å²) in [5.41, 5.74) is 8.12. The van der Waals surface area contributed by atoms with Gasteiger partial charge in [-0.05, 0) is 40.5 Å². The van der Waals surface area contributed by atoms with Crippen molar-refractivity contribution in [1.29, 1.82) is 5.26 Å². The molecule has 0 atom stereocenters. The van der Waals surface area contributed by atoms with E-state index in [1.807, 2.05) is 13.0 Å². The smallest absolute Gasteiger partial charge is 0.139 e. The van der Waals surface area contributed by atoms with Crippen LogP contribution in [0.25, 0.3) is 0 Å². The van der Waals surface area contributed by atoms with E-state index in [1.54, 1.807) is 12.1 Å². The van der Waals surface area contributed by atoms with E-state index >= 15 is 0 Å². The molecular weight excluding hydrogens is 306 g/mol. The van der Waals surface area contributed by atoms with Gasteiger partial charge in [0.15, 0.2) is 0 Å². The highest BCUT2D eigenvalue weighted by Crippen LogP contribution is 2.28. The number of hydrogen-bond donors (Lipinski definition) is 2. The first-order valence-corrected chi connectivity index (χ1v) is 6.51. The van der Waals surface area contributed by atoms with Crippen molar-refractivity contribution < 1.29 is 0 Å². The van der Waals surface area contributed by atoms with Gasteiger partial charge >= 0.3 is 0 Å². The third-order valence-electron chi connectivity index (χ3n) is 2.68. The van der Waals surface area contributed by atoms with Gasteiger partial charge in [-0.3, -0.25) is 0 Å². The Balaban J connectivity index is 2.37. The predicted molar refractivity (Wildman–Crippen MR) is 78.0 cm³/mol. The van der Waals surface area contributed by atoms with Crippen LogP contribution in [0.1, 0.15) is 18.1 Å². The highest BCUT2D eigenvalue weighted by Gasteiger charge is 2.09. The summed E-state index contributed by atoms with van der Waals surface area (Å²) in [7, 11) is 0. The molecule has 0 aliphatic carbocycles. The van der Waals surface area contributed by atoms with Crippen molar-refractivity contribution in [3.05, 3.63) is 40.1 Å². The summed E-state index contributed by atoms with van der Waals surface area (Å²) < 4.78 is 0.797. The number of rotatable bonds is 3. The van der Waals surface area contributed by atoms with E-state index in [1.165, 1.54) is 6.33 Å². The topological polar surface area (TPSA) is 87.6 Å². The van der Waals surface area contributed by atoms with Gasteiger partial charge in [0.1, 0.15) is 18.0 Å². The quantitative estimate of drug-likeness (QED) is 0.908. The Kier molecular flexibility index (Phi) is 3.97. The summed E-state index contributed by atoms with van der Waals surface area (Å²) in [6.07, 6.45) is 2.16. The van der Waals surface area contributed by atoms with Crippen LogP contribution in [-0.4, -0.2) is 9.97 Å². The van der Waals surface area contributed by atoms with Crippen LogP contribution in [0.4, 0.5) is 17.3 Å². The molecule has 0 saturated carbocycles. The van der Waals surface area contributed by atoms with E-state index in [2.05, 4.69) is 37.3 Å². The van der Waals surface area contributed by atoms with Gasteiger partial charge < -0.3 is 11.1 Å². The molecule has 0 amide bonds. The number of nitrogen functional groups attached to an aromatic ring is 1. The number of aromatic nitrogens is 2. The van der Waals surface area contributed by atoms with Gasteiger partial charge in [0.05, 0.1) is 17.3 Å². The van der Waals surface area contributed by atoms with Crippen molar-refractivity contribution in [2.45, 2.75) is 13.3 Å². The maximum atomic E-state index is 8.83. The van der Waals surface area contributed by atoms with E-state index < -0.39 is 0 Å². The van der Waals surface area contributed by atoms with Crippen molar-refractivity contribution in [2.75, 3.05) is 11.1 Å². The average molecular weight is 318 g/mol. The van der Waals surface area contributed by atoms with E-state index in [-0.39, 0.29) is 0 Å². The van der Waals surface area contributed by atoms with Gasteiger partial charge in [-0.2, -0.15) is 5.26 Å². The third kappa shape index (κ3) is 2.83. The fourth-order valence-electron chi connectivity index (χ4n) is 1.70. The molecule has 3 N–H and O–H groups in total. The summed E-state index contributed by atoms with van der Waals surface area (Å²) in [5, 5.41) is 12.0. The molecule has 2 aromatic rings. The van der Waals surface area contributed by atoms with Crippen molar-refractivity contribution >= 4 is 33.3 Å². The molecular formula is C13H12BrN5. The fourth-order valence-corrected chi connectivity index (χ4v) is 2.17. The van der Waals surface area contributed by atoms with Crippen molar-refractivity contribution in [3.63, 3.8) is 0 Å². The van der Waals surface area contributed by atoms with Crippen molar-refractivity contribution in [1.82, 2.24) is 9.97 Å². The van der Waals surface area contributed by atoms with Gasteiger partial charge in [-0.15, -0.1) is 0 Å². The maximum Gasteiger partial charge on any atom is 0.139 e. The monoisotopic (exact) mass is 317 g/mol. The van der Waals surface area contributed by atoms with Crippen LogP contribution in [0.3, 0.4) is 0 Å². The number of nitriles is 1. The van der Waals surface area contributed by atoms with Crippen LogP contribution in [-0.2, 0) is 6.42 Å². The normalized spacial score (nSPS) is 9.95. The Morgan fingerprint density at radius 1 is 1.42 bits per heavy atom. The zero-order valence-corrected chi connectivity index (χ0v) is 11.9. The molecule has 0 bridgehead atoms. The maximum absolute atomic E-state index is 8.83. The number of nitrogens with zero attached hydrogens (tertiary/aromatic N) is 3. The fraction of sp³-hybridized carbons (Fsp3) is 0.154. The lowest BCUT2D eigenvalue weighted by Gasteiger charge is -2.12. The van der Waals surface area contributed by atoms with Crippen LogP contribution in [0.5, 0.6) is 0 Å². The first kappa shape index (κ1) is 13.3. The molecule has 0 fully saturated rings. The second-order valence-electron chi connectivity index (χ2n) is 3.87. The van der Waals surface area contributed by atoms with Crippen LogP contribution in [0.15, 0.2) is 29.0 Å². The van der Waals surface area contributed by atoms with Crippen LogP contribution < -0.4 is 11.1 Å². The van der Waals surface area contributed by atoms with Gasteiger partial charge in [0, 0.05) is 10.0 Å². The number of nitrogens with one attached hydrogen (secondary N) is 1. The number of halogens is 1. The first-order chi connectivity index (χ1) is 9.15. The van der Waals surface area contributed by atoms with Crippen molar-refractivity contribution in [3.8, 4) is 6.07 Å². The summed E-state index contributed by atoms with van der Waals surface area (Å²) >= 11 is 3.42. The molecule has 1 heterocycles. The minimum atomic E-state index is 0.477. The van der Waals surface area contributed by atoms with Gasteiger partial charge in [0.2, 0.25) is 0 Å². The Bertz CT molecular complexity index is 648. The number of hydrogen-bond acceptors (Lipinski definition) is 5. The zero-order valence-electron chi connectivity index (χ0n) is 10.3. The zero-order chi connectivity index (χ0) is 13.8. The van der Waals surface area contributed by atoms with Crippen LogP contribution >= 0.6 is 15.9 Å². The third-order valence-corrected chi connectivity index (χ3v) is 3.34. The van der Waals surface area contributed by atoms with Crippen molar-refractivity contribution in [2.24, 2.45) is 0 Å². The van der Waals surface area contributed by atoms with Crippen LogP contribution in [0, 0.1) is 11.3 Å². The van der Waals surface area contributed by atoms with Gasteiger partial charge in [-0.25, -0.2) is 9.97 Å². The summed E-state index contributed by atoms with van der Waals surface area (Å²) in [5.74, 6) is 1.16. The molecule has 96 valence electrons. The standard InChI is InChI=1S/C13H12BrN5/c1-2-9-12(16)17-7-18-13(9)19-11-4-3-8(6-15)5-10(11)14/h3-5,7H,2H2,1H3,(H3,16,17,18,19). The molecule has 1 aromatic heterocycles. The van der Waals surface area contributed by atoms with E-state index in [0.29, 0.717) is 17.2 Å². The van der Waals surface area contributed by atoms with Gasteiger partial charge in [0.25, 0.3) is 0 Å². The van der Waals surface area contributed by atoms with Crippen LogP contribution in [0.2, 0.25) is 0 Å². The Labute approximate surface area is 119 Å². The van der Waals surface area contributed by atoms with Gasteiger partial charge in [-0.1, -0.05) is 6.92 Å². The summed E-state index contributed by atoms with van der Waals surface area (Å²) in [6.45, 7) is 1.99. The molecule has 6 heteroatoms. The van der Waals surface area contributed by atoms with E-state index in [9.17, 15) is 0 Å². The molecule has 0 aliphatic heterocycles. The minimum Gasteiger partial charge on any atom is -0.383 e. The second kappa shape index (κ2) is 5.67. The molecule has 2 rings (SSSR count). The second-order valence-corrected chi connectivity index (χ2v) is 4.73. The summed E-state index contributed by atoms with van der Waals surface area (Å²) in [6, 6.07) is 7.39. The molecule has 5 nitrogen and oxygen atoms in total. The largest absolute Gasteiger partial charge is 0.383 e. The number of anilines is 3. The Morgan fingerprint density at radius 3 is 2.84 bits per heavy atom. The lowest BCUT2D eigenvalue weighted by Crippen LogP contribution is -2.04. The molecule has 0 unspecified atom stereocenters.